The molecule has 0 radical (unpaired) electrons. The molecule has 0 aliphatic rings. The lowest BCUT2D eigenvalue weighted by molar-refractivity contribution is -0.151. The van der Waals surface area contributed by atoms with Crippen molar-refractivity contribution in [3.05, 3.63) is 24.3 Å². The summed E-state index contributed by atoms with van der Waals surface area (Å²) in [5.74, 6) is 0.811. The second kappa shape index (κ2) is 6.78. The van der Waals surface area contributed by atoms with Gasteiger partial charge in [-0.1, -0.05) is 19.1 Å². The summed E-state index contributed by atoms with van der Waals surface area (Å²) in [5, 5.41) is 0. The summed E-state index contributed by atoms with van der Waals surface area (Å²) in [6, 6.07) is 7.22. The van der Waals surface area contributed by atoms with Crippen LogP contribution in [0, 0.1) is 0 Å². The summed E-state index contributed by atoms with van der Waals surface area (Å²) in [7, 11) is 1.56. The first-order valence-corrected chi connectivity index (χ1v) is 5.69. The van der Waals surface area contributed by atoms with Gasteiger partial charge in [-0.25, -0.2) is 4.79 Å². The first kappa shape index (κ1) is 13.4. The number of esters is 1. The Morgan fingerprint density at radius 1 is 1.24 bits per heavy atom. The van der Waals surface area contributed by atoms with E-state index < -0.39 is 6.10 Å². The lowest BCUT2D eigenvalue weighted by atomic mass is 10.2. The molecule has 4 heteroatoms. The van der Waals surface area contributed by atoms with Crippen molar-refractivity contribution in [1.82, 2.24) is 0 Å². The molecule has 0 saturated heterocycles. The molecule has 1 rings (SSSR count). The second-order valence-electron chi connectivity index (χ2n) is 3.42. The van der Waals surface area contributed by atoms with E-state index in [9.17, 15) is 4.79 Å². The standard InChI is InChI=1S/C13H18O4/c1-4-10(13(14)16-5-2)17-12-9-7-6-8-11(12)15-3/h6-10H,4-5H2,1-3H3. The van der Waals surface area contributed by atoms with Gasteiger partial charge in [0.2, 0.25) is 0 Å². The summed E-state index contributed by atoms with van der Waals surface area (Å²) in [6.07, 6.45) is -0.0390. The van der Waals surface area contributed by atoms with Gasteiger partial charge in [-0.15, -0.1) is 0 Å². The third kappa shape index (κ3) is 3.66. The Hall–Kier alpha value is -1.71. The number of hydrogen-bond acceptors (Lipinski definition) is 4. The van der Waals surface area contributed by atoms with Crippen LogP contribution in [0.3, 0.4) is 0 Å². The molecule has 1 unspecified atom stereocenters. The maximum atomic E-state index is 11.6. The summed E-state index contributed by atoms with van der Waals surface area (Å²) < 4.78 is 15.7. The number of benzene rings is 1. The van der Waals surface area contributed by atoms with E-state index >= 15 is 0 Å². The van der Waals surface area contributed by atoms with Crippen molar-refractivity contribution >= 4 is 5.97 Å². The molecule has 0 bridgehead atoms. The predicted molar refractivity (Wildman–Crippen MR) is 64.3 cm³/mol. The number of methoxy groups -OCH3 is 1. The molecule has 0 saturated carbocycles. The zero-order valence-corrected chi connectivity index (χ0v) is 10.4. The number of rotatable bonds is 6. The molecule has 0 spiro atoms. The van der Waals surface area contributed by atoms with Gasteiger partial charge in [-0.05, 0) is 25.5 Å². The van der Waals surface area contributed by atoms with Gasteiger partial charge in [-0.2, -0.15) is 0 Å². The van der Waals surface area contributed by atoms with Crippen LogP contribution < -0.4 is 9.47 Å². The molecule has 0 heterocycles. The van der Waals surface area contributed by atoms with Gasteiger partial charge in [0, 0.05) is 0 Å². The quantitative estimate of drug-likeness (QED) is 0.714. The van der Waals surface area contributed by atoms with Crippen LogP contribution in [0.25, 0.3) is 0 Å². The molecule has 0 aliphatic heterocycles. The van der Waals surface area contributed by atoms with E-state index in [1.54, 1.807) is 26.2 Å². The minimum Gasteiger partial charge on any atom is -0.493 e. The van der Waals surface area contributed by atoms with Crippen molar-refractivity contribution in [1.29, 1.82) is 0 Å². The fraction of sp³-hybridized carbons (Fsp3) is 0.462. The molecule has 1 aromatic rings. The molecule has 1 aromatic carbocycles. The Bertz CT molecular complexity index is 362. The lowest BCUT2D eigenvalue weighted by Gasteiger charge is -2.17. The van der Waals surface area contributed by atoms with Crippen molar-refractivity contribution in [2.24, 2.45) is 0 Å². The predicted octanol–water partition coefficient (Wildman–Crippen LogP) is 2.42. The minimum atomic E-state index is -0.591. The topological polar surface area (TPSA) is 44.8 Å². The SMILES string of the molecule is CCOC(=O)C(CC)Oc1ccccc1OC. The van der Waals surface area contributed by atoms with Crippen LogP contribution >= 0.6 is 0 Å². The maximum absolute atomic E-state index is 11.6. The molecule has 0 amide bonds. The average molecular weight is 238 g/mol. The number of carbonyl (C=O) groups excluding carboxylic acids is 1. The molecule has 0 N–H and O–H groups in total. The first-order chi connectivity index (χ1) is 8.22. The Morgan fingerprint density at radius 2 is 1.88 bits per heavy atom. The third-order valence-corrected chi connectivity index (χ3v) is 2.26. The highest BCUT2D eigenvalue weighted by Crippen LogP contribution is 2.27. The maximum Gasteiger partial charge on any atom is 0.347 e. The Morgan fingerprint density at radius 3 is 2.41 bits per heavy atom. The normalized spacial score (nSPS) is 11.7. The van der Waals surface area contributed by atoms with Crippen molar-refractivity contribution in [3.8, 4) is 11.5 Å². The number of para-hydroxylation sites is 2. The van der Waals surface area contributed by atoms with Gasteiger partial charge in [0.25, 0.3) is 0 Å². The molecule has 1 atom stereocenters. The smallest absolute Gasteiger partial charge is 0.347 e. The van der Waals surface area contributed by atoms with Crippen molar-refractivity contribution in [3.63, 3.8) is 0 Å². The third-order valence-electron chi connectivity index (χ3n) is 2.26. The Labute approximate surface area is 101 Å². The van der Waals surface area contributed by atoms with Crippen LogP contribution in [0.2, 0.25) is 0 Å². The minimum absolute atomic E-state index is 0.346. The fourth-order valence-electron chi connectivity index (χ4n) is 1.40. The monoisotopic (exact) mass is 238 g/mol. The number of hydrogen-bond donors (Lipinski definition) is 0. The largest absolute Gasteiger partial charge is 0.493 e. The molecular weight excluding hydrogens is 220 g/mol. The highest BCUT2D eigenvalue weighted by Gasteiger charge is 2.20. The molecular formula is C13H18O4. The highest BCUT2D eigenvalue weighted by molar-refractivity contribution is 5.75. The van der Waals surface area contributed by atoms with Crippen molar-refractivity contribution in [2.75, 3.05) is 13.7 Å². The van der Waals surface area contributed by atoms with E-state index in [4.69, 9.17) is 14.2 Å². The molecule has 94 valence electrons. The zero-order valence-electron chi connectivity index (χ0n) is 10.4. The number of ether oxygens (including phenoxy) is 3. The van der Waals surface area contributed by atoms with Crippen molar-refractivity contribution in [2.45, 2.75) is 26.4 Å². The number of carbonyl (C=O) groups is 1. The van der Waals surface area contributed by atoms with Gasteiger partial charge < -0.3 is 14.2 Å². The van der Waals surface area contributed by atoms with Crippen LogP contribution in [-0.2, 0) is 9.53 Å². The zero-order chi connectivity index (χ0) is 12.7. The van der Waals surface area contributed by atoms with Crippen molar-refractivity contribution < 1.29 is 19.0 Å². The van der Waals surface area contributed by atoms with Crippen LogP contribution in [-0.4, -0.2) is 25.8 Å². The highest BCUT2D eigenvalue weighted by atomic mass is 16.6. The first-order valence-electron chi connectivity index (χ1n) is 5.69. The van der Waals surface area contributed by atoms with Gasteiger partial charge in [-0.3, -0.25) is 0 Å². The van der Waals surface area contributed by atoms with E-state index in [1.165, 1.54) is 0 Å². The van der Waals surface area contributed by atoms with Crippen LogP contribution in [0.1, 0.15) is 20.3 Å². The summed E-state index contributed by atoms with van der Waals surface area (Å²) >= 11 is 0. The van der Waals surface area contributed by atoms with Crippen LogP contribution in [0.5, 0.6) is 11.5 Å². The lowest BCUT2D eigenvalue weighted by Crippen LogP contribution is -2.28. The van der Waals surface area contributed by atoms with E-state index in [-0.39, 0.29) is 5.97 Å². The summed E-state index contributed by atoms with van der Waals surface area (Å²) in [4.78, 5) is 11.6. The summed E-state index contributed by atoms with van der Waals surface area (Å²) in [5.41, 5.74) is 0. The van der Waals surface area contributed by atoms with Gasteiger partial charge in [0.1, 0.15) is 0 Å². The summed E-state index contributed by atoms with van der Waals surface area (Å²) in [6.45, 7) is 4.00. The van der Waals surface area contributed by atoms with E-state index in [2.05, 4.69) is 0 Å². The second-order valence-corrected chi connectivity index (χ2v) is 3.42. The Balaban J connectivity index is 2.76. The molecule has 0 fully saturated rings. The molecule has 0 aromatic heterocycles. The van der Waals surface area contributed by atoms with E-state index in [0.29, 0.717) is 24.5 Å². The molecule has 4 nitrogen and oxygen atoms in total. The van der Waals surface area contributed by atoms with E-state index in [0.717, 1.165) is 0 Å². The molecule has 17 heavy (non-hydrogen) atoms. The van der Waals surface area contributed by atoms with E-state index in [1.807, 2.05) is 19.1 Å². The molecule has 0 aliphatic carbocycles. The van der Waals surface area contributed by atoms with Gasteiger partial charge >= 0.3 is 5.97 Å². The van der Waals surface area contributed by atoms with Gasteiger partial charge in [0.15, 0.2) is 17.6 Å². The Kier molecular flexibility index (Phi) is 5.33. The fourth-order valence-corrected chi connectivity index (χ4v) is 1.40. The van der Waals surface area contributed by atoms with Gasteiger partial charge in [0.05, 0.1) is 13.7 Å². The van der Waals surface area contributed by atoms with Crippen LogP contribution in [0.15, 0.2) is 24.3 Å². The van der Waals surface area contributed by atoms with Crippen LogP contribution in [0.4, 0.5) is 0 Å². The average Bonchev–Trinajstić information content (AvgIpc) is 2.36.